The van der Waals surface area contributed by atoms with Crippen molar-refractivity contribution in [2.24, 2.45) is 0 Å². The lowest BCUT2D eigenvalue weighted by atomic mass is 10.0. The molecule has 2 amide bonds. The van der Waals surface area contributed by atoms with E-state index in [4.69, 9.17) is 4.74 Å². The predicted molar refractivity (Wildman–Crippen MR) is 96.6 cm³/mol. The highest BCUT2D eigenvalue weighted by Crippen LogP contribution is 2.26. The van der Waals surface area contributed by atoms with Crippen LogP contribution in [0.15, 0.2) is 42.5 Å². The highest BCUT2D eigenvalue weighted by Gasteiger charge is 2.17. The molecule has 0 spiro atoms. The smallest absolute Gasteiger partial charge is 0.263 e. The van der Waals surface area contributed by atoms with Gasteiger partial charge in [0, 0.05) is 6.08 Å². The maximum atomic E-state index is 12.0. The molecule has 0 unspecified atom stereocenters. The molecule has 0 aliphatic carbocycles. The minimum absolute atomic E-state index is 0.0290. The first-order chi connectivity index (χ1) is 12.0. The minimum Gasteiger partial charge on any atom is -0.480 e. The van der Waals surface area contributed by atoms with E-state index in [-0.39, 0.29) is 18.4 Å². The second-order valence-electron chi connectivity index (χ2n) is 6.02. The molecule has 1 aromatic carbocycles. The monoisotopic (exact) mass is 337 g/mol. The molecule has 1 aromatic heterocycles. The summed E-state index contributed by atoms with van der Waals surface area (Å²) in [5.74, 6) is 1.03. The van der Waals surface area contributed by atoms with Crippen LogP contribution >= 0.6 is 0 Å². The number of carbonyl (C=O) groups is 2. The van der Waals surface area contributed by atoms with Crippen LogP contribution in [0.5, 0.6) is 5.75 Å². The van der Waals surface area contributed by atoms with Gasteiger partial charge >= 0.3 is 0 Å². The van der Waals surface area contributed by atoms with Gasteiger partial charge in [-0.25, -0.2) is 4.98 Å². The lowest BCUT2D eigenvalue weighted by Crippen LogP contribution is -2.26. The molecule has 0 bridgehead atoms. The number of ether oxygens (including phenoxy) is 1. The van der Waals surface area contributed by atoms with Gasteiger partial charge in [-0.15, -0.1) is 0 Å². The number of pyridine rings is 1. The van der Waals surface area contributed by atoms with Gasteiger partial charge in [0.05, 0.1) is 0 Å². The van der Waals surface area contributed by atoms with E-state index in [1.54, 1.807) is 18.2 Å². The molecule has 25 heavy (non-hydrogen) atoms. The van der Waals surface area contributed by atoms with Crippen molar-refractivity contribution in [2.75, 3.05) is 17.2 Å². The van der Waals surface area contributed by atoms with Gasteiger partial charge in [-0.05, 0) is 35.3 Å². The van der Waals surface area contributed by atoms with Crippen LogP contribution in [0.2, 0.25) is 0 Å². The van der Waals surface area contributed by atoms with Gasteiger partial charge in [0.1, 0.15) is 5.82 Å². The average molecular weight is 337 g/mol. The molecule has 0 fully saturated rings. The van der Waals surface area contributed by atoms with Crippen LogP contribution in [-0.2, 0) is 9.59 Å². The van der Waals surface area contributed by atoms with Gasteiger partial charge in [0.15, 0.2) is 18.2 Å². The molecule has 0 saturated heterocycles. The lowest BCUT2D eigenvalue weighted by Gasteiger charge is -2.17. The summed E-state index contributed by atoms with van der Waals surface area (Å²) >= 11 is 0. The molecule has 2 heterocycles. The molecule has 0 radical (unpaired) electrons. The Hall–Kier alpha value is -3.15. The van der Waals surface area contributed by atoms with Crippen molar-refractivity contribution in [2.45, 2.75) is 19.8 Å². The minimum atomic E-state index is -0.302. The standard InChI is InChI=1S/C19H19N3O3/c1-12(2)14-6-3-13(4-7-14)5-10-17(23)20-16-9-8-15-19(21-16)22-18(24)11-25-15/h3-10,12H,11H2,1-2H3,(H2,20,21,22,23,24)/b10-5+. The molecule has 6 nitrogen and oxygen atoms in total. The number of benzene rings is 1. The number of anilines is 2. The maximum Gasteiger partial charge on any atom is 0.263 e. The first-order valence-electron chi connectivity index (χ1n) is 8.04. The number of carbonyl (C=O) groups excluding carboxylic acids is 2. The summed E-state index contributed by atoms with van der Waals surface area (Å²) in [5, 5.41) is 5.26. The van der Waals surface area contributed by atoms with Gasteiger partial charge in [0.25, 0.3) is 5.91 Å². The first-order valence-corrected chi connectivity index (χ1v) is 8.04. The van der Waals surface area contributed by atoms with Gasteiger partial charge in [-0.2, -0.15) is 0 Å². The first kappa shape index (κ1) is 16.7. The van der Waals surface area contributed by atoms with E-state index in [1.807, 2.05) is 12.1 Å². The van der Waals surface area contributed by atoms with Crippen molar-refractivity contribution < 1.29 is 14.3 Å². The summed E-state index contributed by atoms with van der Waals surface area (Å²) in [4.78, 5) is 27.5. The third kappa shape index (κ3) is 4.23. The SMILES string of the molecule is CC(C)c1ccc(/C=C/C(=O)Nc2ccc3c(n2)NC(=O)CO3)cc1. The Labute approximate surface area is 145 Å². The summed E-state index contributed by atoms with van der Waals surface area (Å²) < 4.78 is 5.23. The second-order valence-corrected chi connectivity index (χ2v) is 6.02. The fourth-order valence-corrected chi connectivity index (χ4v) is 2.37. The molecule has 1 aliphatic rings. The largest absolute Gasteiger partial charge is 0.480 e. The molecule has 0 saturated carbocycles. The summed E-state index contributed by atoms with van der Waals surface area (Å²) in [6.45, 7) is 4.24. The third-order valence-corrected chi connectivity index (χ3v) is 3.76. The Balaban J connectivity index is 1.64. The molecule has 0 atom stereocenters. The average Bonchev–Trinajstić information content (AvgIpc) is 2.60. The molecule has 2 aromatic rings. The van der Waals surface area contributed by atoms with Crippen LogP contribution in [0.25, 0.3) is 6.08 Å². The summed E-state index contributed by atoms with van der Waals surface area (Å²) in [6, 6.07) is 11.3. The van der Waals surface area contributed by atoms with Gasteiger partial charge < -0.3 is 15.4 Å². The van der Waals surface area contributed by atoms with Crippen molar-refractivity contribution in [1.82, 2.24) is 4.98 Å². The zero-order valence-corrected chi connectivity index (χ0v) is 14.1. The number of aromatic nitrogens is 1. The number of rotatable bonds is 4. The number of amides is 2. The molecule has 128 valence electrons. The number of nitrogens with one attached hydrogen (secondary N) is 2. The van der Waals surface area contributed by atoms with Crippen LogP contribution in [0.4, 0.5) is 11.6 Å². The number of hydrogen-bond donors (Lipinski definition) is 2. The summed E-state index contributed by atoms with van der Waals surface area (Å²) in [6.07, 6.45) is 3.18. The summed E-state index contributed by atoms with van der Waals surface area (Å²) in [5.41, 5.74) is 2.20. The Bertz CT molecular complexity index is 826. The van der Waals surface area contributed by atoms with Crippen LogP contribution in [0.3, 0.4) is 0 Å². The Morgan fingerprint density at radius 1 is 1.24 bits per heavy atom. The maximum absolute atomic E-state index is 12.0. The van der Waals surface area contributed by atoms with Crippen LogP contribution in [-0.4, -0.2) is 23.4 Å². The zero-order valence-electron chi connectivity index (χ0n) is 14.1. The predicted octanol–water partition coefficient (Wildman–Crippen LogP) is 3.19. The molecular weight excluding hydrogens is 318 g/mol. The van der Waals surface area contributed by atoms with E-state index in [0.29, 0.717) is 23.3 Å². The van der Waals surface area contributed by atoms with E-state index in [2.05, 4.69) is 41.6 Å². The van der Waals surface area contributed by atoms with E-state index < -0.39 is 0 Å². The van der Waals surface area contributed by atoms with E-state index in [1.165, 1.54) is 11.6 Å². The van der Waals surface area contributed by atoms with Crippen molar-refractivity contribution in [3.8, 4) is 5.75 Å². The van der Waals surface area contributed by atoms with E-state index in [9.17, 15) is 9.59 Å². The van der Waals surface area contributed by atoms with E-state index in [0.717, 1.165) is 5.56 Å². The third-order valence-electron chi connectivity index (χ3n) is 3.76. The Kier molecular flexibility index (Phi) is 4.79. The molecule has 6 heteroatoms. The summed E-state index contributed by atoms with van der Waals surface area (Å²) in [7, 11) is 0. The highest BCUT2D eigenvalue weighted by molar-refractivity contribution is 6.02. The Morgan fingerprint density at radius 2 is 2.00 bits per heavy atom. The van der Waals surface area contributed by atoms with Crippen molar-refractivity contribution in [1.29, 1.82) is 0 Å². The van der Waals surface area contributed by atoms with Crippen molar-refractivity contribution >= 4 is 29.5 Å². The van der Waals surface area contributed by atoms with Crippen LogP contribution in [0, 0.1) is 0 Å². The fourth-order valence-electron chi connectivity index (χ4n) is 2.37. The molecule has 3 rings (SSSR count). The lowest BCUT2D eigenvalue weighted by molar-refractivity contribution is -0.118. The molecular formula is C19H19N3O3. The number of hydrogen-bond acceptors (Lipinski definition) is 4. The quantitative estimate of drug-likeness (QED) is 0.840. The van der Waals surface area contributed by atoms with Crippen LogP contribution < -0.4 is 15.4 Å². The van der Waals surface area contributed by atoms with Crippen LogP contribution in [0.1, 0.15) is 30.9 Å². The van der Waals surface area contributed by atoms with Crippen molar-refractivity contribution in [3.05, 3.63) is 53.6 Å². The zero-order chi connectivity index (χ0) is 17.8. The van der Waals surface area contributed by atoms with E-state index >= 15 is 0 Å². The van der Waals surface area contributed by atoms with Gasteiger partial charge in [-0.3, -0.25) is 9.59 Å². The number of nitrogens with zero attached hydrogens (tertiary/aromatic N) is 1. The fraction of sp³-hybridized carbons (Fsp3) is 0.211. The topological polar surface area (TPSA) is 80.3 Å². The number of fused-ring (bicyclic) bond motifs is 1. The highest BCUT2D eigenvalue weighted by atomic mass is 16.5. The second kappa shape index (κ2) is 7.17. The molecule has 2 N–H and O–H groups in total. The normalized spacial score (nSPS) is 13.3. The molecule has 1 aliphatic heterocycles. The van der Waals surface area contributed by atoms with Gasteiger partial charge in [0.2, 0.25) is 5.91 Å². The Morgan fingerprint density at radius 3 is 2.72 bits per heavy atom. The van der Waals surface area contributed by atoms with Crippen molar-refractivity contribution in [3.63, 3.8) is 0 Å². The van der Waals surface area contributed by atoms with Gasteiger partial charge in [-0.1, -0.05) is 38.1 Å².